The molecular weight excluding hydrogens is 334 g/mol. The molecular formula is C19H19N3O2S. The normalized spacial score (nSPS) is 10.3. The number of carbonyl (C=O) groups is 1. The highest BCUT2D eigenvalue weighted by atomic mass is 32.1. The summed E-state index contributed by atoms with van der Waals surface area (Å²) in [6.45, 7) is 2.49. The molecule has 0 aliphatic rings. The first-order chi connectivity index (χ1) is 12.1. The Morgan fingerprint density at radius 1 is 1.12 bits per heavy atom. The van der Waals surface area contributed by atoms with Crippen LogP contribution in [0.4, 0.5) is 10.5 Å². The minimum absolute atomic E-state index is 0.164. The lowest BCUT2D eigenvalue weighted by Gasteiger charge is -2.17. The van der Waals surface area contributed by atoms with Gasteiger partial charge in [-0.25, -0.2) is 9.78 Å². The standard InChI is InChI=1S/C19H19N3O2S/c1-14-20-12-18(25-14)13-22(2)19(23)21-15-8-10-17(11-9-15)24-16-6-4-3-5-7-16/h3-12H,13H2,1-2H3,(H,21,23). The number of aromatic nitrogens is 1. The molecule has 0 aliphatic heterocycles. The number of nitrogens with one attached hydrogen (secondary N) is 1. The first-order valence-corrected chi connectivity index (χ1v) is 8.68. The molecule has 3 rings (SSSR count). The molecule has 128 valence electrons. The van der Waals surface area contributed by atoms with Crippen LogP contribution in [-0.2, 0) is 6.54 Å². The van der Waals surface area contributed by atoms with Gasteiger partial charge in [-0.2, -0.15) is 0 Å². The summed E-state index contributed by atoms with van der Waals surface area (Å²) >= 11 is 1.59. The fourth-order valence-corrected chi connectivity index (χ4v) is 3.08. The topological polar surface area (TPSA) is 54.5 Å². The second kappa shape index (κ2) is 7.81. The second-order valence-corrected chi connectivity index (χ2v) is 6.89. The van der Waals surface area contributed by atoms with Crippen LogP contribution in [-0.4, -0.2) is 23.0 Å². The van der Waals surface area contributed by atoms with Crippen molar-refractivity contribution in [3.8, 4) is 11.5 Å². The average molecular weight is 353 g/mol. The van der Waals surface area contributed by atoms with E-state index in [-0.39, 0.29) is 6.03 Å². The van der Waals surface area contributed by atoms with Gasteiger partial charge in [0.1, 0.15) is 11.5 Å². The largest absolute Gasteiger partial charge is 0.457 e. The van der Waals surface area contributed by atoms with E-state index in [4.69, 9.17) is 4.74 Å². The number of nitrogens with zero attached hydrogens (tertiary/aromatic N) is 2. The van der Waals surface area contributed by atoms with E-state index in [1.807, 2.05) is 61.5 Å². The Hall–Kier alpha value is -2.86. The number of hydrogen-bond donors (Lipinski definition) is 1. The zero-order chi connectivity index (χ0) is 17.6. The van der Waals surface area contributed by atoms with Crippen LogP contribution in [0.15, 0.2) is 60.8 Å². The second-order valence-electron chi connectivity index (χ2n) is 5.57. The number of amides is 2. The highest BCUT2D eigenvalue weighted by molar-refractivity contribution is 7.11. The molecule has 2 aromatic carbocycles. The minimum atomic E-state index is -0.164. The molecule has 0 aliphatic carbocycles. The maximum atomic E-state index is 12.3. The molecule has 0 fully saturated rings. The summed E-state index contributed by atoms with van der Waals surface area (Å²) in [6.07, 6.45) is 1.81. The molecule has 0 saturated heterocycles. The Labute approximate surface area is 150 Å². The van der Waals surface area contributed by atoms with Crippen LogP contribution in [0, 0.1) is 6.92 Å². The summed E-state index contributed by atoms with van der Waals surface area (Å²) in [7, 11) is 1.76. The molecule has 3 aromatic rings. The third-order valence-electron chi connectivity index (χ3n) is 3.49. The van der Waals surface area contributed by atoms with Gasteiger partial charge in [0.2, 0.25) is 0 Å². The molecule has 1 heterocycles. The zero-order valence-corrected chi connectivity index (χ0v) is 14.9. The number of carbonyl (C=O) groups excluding carboxylic acids is 1. The van der Waals surface area contributed by atoms with Gasteiger partial charge in [0.15, 0.2) is 0 Å². The number of rotatable bonds is 5. The highest BCUT2D eigenvalue weighted by Crippen LogP contribution is 2.23. The van der Waals surface area contributed by atoms with Crippen LogP contribution in [0.1, 0.15) is 9.88 Å². The number of aryl methyl sites for hydroxylation is 1. The molecule has 0 unspecified atom stereocenters. The molecule has 6 heteroatoms. The van der Waals surface area contributed by atoms with Crippen molar-refractivity contribution in [3.63, 3.8) is 0 Å². The zero-order valence-electron chi connectivity index (χ0n) is 14.1. The Morgan fingerprint density at radius 3 is 2.44 bits per heavy atom. The van der Waals surface area contributed by atoms with Gasteiger partial charge in [-0.1, -0.05) is 18.2 Å². The number of thiazole rings is 1. The van der Waals surface area contributed by atoms with Gasteiger partial charge in [-0.15, -0.1) is 11.3 Å². The number of hydrogen-bond acceptors (Lipinski definition) is 4. The lowest BCUT2D eigenvalue weighted by atomic mass is 10.3. The lowest BCUT2D eigenvalue weighted by molar-refractivity contribution is 0.221. The van der Waals surface area contributed by atoms with E-state index in [2.05, 4.69) is 10.3 Å². The molecule has 2 amide bonds. The van der Waals surface area contributed by atoms with Crippen molar-refractivity contribution >= 4 is 23.1 Å². The van der Waals surface area contributed by atoms with E-state index in [0.717, 1.165) is 27.1 Å². The number of para-hydroxylation sites is 1. The van der Waals surface area contributed by atoms with E-state index >= 15 is 0 Å². The Morgan fingerprint density at radius 2 is 1.80 bits per heavy atom. The van der Waals surface area contributed by atoms with E-state index < -0.39 is 0 Å². The van der Waals surface area contributed by atoms with Crippen molar-refractivity contribution in [2.45, 2.75) is 13.5 Å². The van der Waals surface area contributed by atoms with Crippen LogP contribution in [0.5, 0.6) is 11.5 Å². The third kappa shape index (κ3) is 4.81. The summed E-state index contributed by atoms with van der Waals surface area (Å²) in [6, 6.07) is 16.7. The Kier molecular flexibility index (Phi) is 5.30. The highest BCUT2D eigenvalue weighted by Gasteiger charge is 2.11. The third-order valence-corrected chi connectivity index (χ3v) is 4.39. The lowest BCUT2D eigenvalue weighted by Crippen LogP contribution is -2.30. The smallest absolute Gasteiger partial charge is 0.321 e. The molecule has 0 bridgehead atoms. The predicted molar refractivity (Wildman–Crippen MR) is 100 cm³/mol. The van der Waals surface area contributed by atoms with Crippen LogP contribution in [0.3, 0.4) is 0 Å². The summed E-state index contributed by atoms with van der Waals surface area (Å²) in [5.74, 6) is 1.50. The van der Waals surface area contributed by atoms with E-state index in [0.29, 0.717) is 6.54 Å². The van der Waals surface area contributed by atoms with E-state index in [9.17, 15) is 4.79 Å². The monoisotopic (exact) mass is 353 g/mol. The predicted octanol–water partition coefficient (Wildman–Crippen LogP) is 4.91. The van der Waals surface area contributed by atoms with E-state index in [1.54, 1.807) is 29.5 Å². The molecule has 5 nitrogen and oxygen atoms in total. The first kappa shape index (κ1) is 17.0. The van der Waals surface area contributed by atoms with Crippen molar-refractivity contribution in [3.05, 3.63) is 70.7 Å². The number of anilines is 1. The van der Waals surface area contributed by atoms with Crippen molar-refractivity contribution < 1.29 is 9.53 Å². The molecule has 0 spiro atoms. The fraction of sp³-hybridized carbons (Fsp3) is 0.158. The number of ether oxygens (including phenoxy) is 1. The van der Waals surface area contributed by atoms with Crippen LogP contribution in [0.2, 0.25) is 0 Å². The van der Waals surface area contributed by atoms with Crippen LogP contribution in [0.25, 0.3) is 0 Å². The molecule has 0 atom stereocenters. The SMILES string of the molecule is Cc1ncc(CN(C)C(=O)Nc2ccc(Oc3ccccc3)cc2)s1. The Balaban J connectivity index is 1.56. The Bertz CT molecular complexity index is 831. The summed E-state index contributed by atoms with van der Waals surface area (Å²) in [5, 5.41) is 3.87. The number of urea groups is 1. The quantitative estimate of drug-likeness (QED) is 0.709. The summed E-state index contributed by atoms with van der Waals surface area (Å²) in [4.78, 5) is 19.2. The number of benzene rings is 2. The fourth-order valence-electron chi connectivity index (χ4n) is 2.23. The van der Waals surface area contributed by atoms with Gasteiger partial charge in [0, 0.05) is 23.8 Å². The van der Waals surface area contributed by atoms with Crippen LogP contribution < -0.4 is 10.1 Å². The van der Waals surface area contributed by atoms with Crippen molar-refractivity contribution in [1.82, 2.24) is 9.88 Å². The van der Waals surface area contributed by atoms with Gasteiger partial charge < -0.3 is 15.0 Å². The van der Waals surface area contributed by atoms with Crippen molar-refractivity contribution in [2.24, 2.45) is 0 Å². The molecule has 0 saturated carbocycles. The first-order valence-electron chi connectivity index (χ1n) is 7.86. The molecule has 1 aromatic heterocycles. The van der Waals surface area contributed by atoms with Gasteiger partial charge in [0.25, 0.3) is 0 Å². The molecule has 25 heavy (non-hydrogen) atoms. The summed E-state index contributed by atoms with van der Waals surface area (Å²) < 4.78 is 5.74. The van der Waals surface area contributed by atoms with Crippen molar-refractivity contribution in [1.29, 1.82) is 0 Å². The van der Waals surface area contributed by atoms with Gasteiger partial charge in [0.05, 0.1) is 11.6 Å². The summed E-state index contributed by atoms with van der Waals surface area (Å²) in [5.41, 5.74) is 0.720. The average Bonchev–Trinajstić information content (AvgIpc) is 3.02. The van der Waals surface area contributed by atoms with Gasteiger partial charge >= 0.3 is 6.03 Å². The minimum Gasteiger partial charge on any atom is -0.457 e. The molecule has 1 N–H and O–H groups in total. The van der Waals surface area contributed by atoms with Crippen LogP contribution >= 0.6 is 11.3 Å². The van der Waals surface area contributed by atoms with Gasteiger partial charge in [-0.3, -0.25) is 0 Å². The molecule has 0 radical (unpaired) electrons. The maximum absolute atomic E-state index is 12.3. The van der Waals surface area contributed by atoms with E-state index in [1.165, 1.54) is 0 Å². The van der Waals surface area contributed by atoms with Crippen molar-refractivity contribution in [2.75, 3.05) is 12.4 Å². The maximum Gasteiger partial charge on any atom is 0.321 e. The van der Waals surface area contributed by atoms with Gasteiger partial charge in [-0.05, 0) is 43.3 Å².